The summed E-state index contributed by atoms with van der Waals surface area (Å²) in [7, 11) is 0. The highest BCUT2D eigenvalue weighted by Gasteiger charge is 2.17. The molecular formula is C44H26N4S. The van der Waals surface area contributed by atoms with Gasteiger partial charge in [0.05, 0.1) is 11.2 Å². The van der Waals surface area contributed by atoms with Gasteiger partial charge in [-0.3, -0.25) is 0 Å². The fraction of sp³-hybridized carbons (Fsp3) is 0. The minimum Gasteiger partial charge on any atom is -0.248 e. The van der Waals surface area contributed by atoms with Gasteiger partial charge < -0.3 is 0 Å². The number of pyridine rings is 1. The molecule has 0 aliphatic heterocycles. The molecule has 0 unspecified atom stereocenters. The van der Waals surface area contributed by atoms with Crippen LogP contribution in [0.1, 0.15) is 0 Å². The number of para-hydroxylation sites is 1. The first-order chi connectivity index (χ1) is 24.2. The average Bonchev–Trinajstić information content (AvgIpc) is 3.55. The number of hydrogen-bond donors (Lipinski definition) is 0. The van der Waals surface area contributed by atoms with Crippen molar-refractivity contribution < 1.29 is 0 Å². The first kappa shape index (κ1) is 27.8. The van der Waals surface area contributed by atoms with Crippen molar-refractivity contribution in [2.24, 2.45) is 0 Å². The minimum absolute atomic E-state index is 0.637. The van der Waals surface area contributed by atoms with E-state index < -0.39 is 0 Å². The largest absolute Gasteiger partial charge is 0.248 e. The number of hydrogen-bond acceptors (Lipinski definition) is 5. The molecule has 0 saturated heterocycles. The Morgan fingerprint density at radius 2 is 0.980 bits per heavy atom. The smallest absolute Gasteiger partial charge is 0.164 e. The molecule has 0 N–H and O–H groups in total. The number of thiophene rings is 1. The molecule has 7 aromatic carbocycles. The quantitative estimate of drug-likeness (QED) is 0.192. The van der Waals surface area contributed by atoms with Crippen LogP contribution in [0.15, 0.2) is 158 Å². The maximum Gasteiger partial charge on any atom is 0.164 e. The third-order valence-electron chi connectivity index (χ3n) is 9.30. The highest BCUT2D eigenvalue weighted by Crippen LogP contribution is 2.37. The molecule has 4 nitrogen and oxygen atoms in total. The lowest BCUT2D eigenvalue weighted by atomic mass is 9.99. The summed E-state index contributed by atoms with van der Waals surface area (Å²) in [6.07, 6.45) is 0. The van der Waals surface area contributed by atoms with Crippen LogP contribution < -0.4 is 0 Å². The third-order valence-corrected chi connectivity index (χ3v) is 10.4. The summed E-state index contributed by atoms with van der Waals surface area (Å²) >= 11 is 1.81. The van der Waals surface area contributed by atoms with Gasteiger partial charge in [-0.1, -0.05) is 109 Å². The molecule has 10 aromatic rings. The van der Waals surface area contributed by atoms with E-state index in [9.17, 15) is 0 Å². The van der Waals surface area contributed by atoms with Gasteiger partial charge in [-0.15, -0.1) is 11.3 Å². The lowest BCUT2D eigenvalue weighted by Crippen LogP contribution is -2.00. The van der Waals surface area contributed by atoms with Gasteiger partial charge in [0.2, 0.25) is 0 Å². The van der Waals surface area contributed by atoms with Crippen molar-refractivity contribution in [2.45, 2.75) is 0 Å². The topological polar surface area (TPSA) is 51.6 Å². The molecule has 0 spiro atoms. The fourth-order valence-electron chi connectivity index (χ4n) is 6.80. The summed E-state index contributed by atoms with van der Waals surface area (Å²) in [6, 6.07) is 55.2. The van der Waals surface area contributed by atoms with Crippen LogP contribution in [-0.2, 0) is 0 Å². The molecule has 10 rings (SSSR count). The van der Waals surface area contributed by atoms with Crippen LogP contribution in [-0.4, -0.2) is 19.9 Å². The predicted molar refractivity (Wildman–Crippen MR) is 205 cm³/mol. The average molecular weight is 643 g/mol. The highest BCUT2D eigenvalue weighted by molar-refractivity contribution is 7.25. The van der Waals surface area contributed by atoms with Crippen LogP contribution in [0.2, 0.25) is 0 Å². The van der Waals surface area contributed by atoms with Crippen molar-refractivity contribution in [3.63, 3.8) is 0 Å². The molecule has 0 aliphatic carbocycles. The van der Waals surface area contributed by atoms with Gasteiger partial charge >= 0.3 is 0 Å². The van der Waals surface area contributed by atoms with Crippen LogP contribution in [0.4, 0.5) is 0 Å². The molecule has 0 amide bonds. The Hall–Kier alpha value is -6.30. The number of benzene rings is 7. The first-order valence-corrected chi connectivity index (χ1v) is 17.1. The summed E-state index contributed by atoms with van der Waals surface area (Å²) < 4.78 is 2.52. The molecule has 0 atom stereocenters. The molecule has 0 aliphatic rings. The monoisotopic (exact) mass is 642 g/mol. The molecule has 0 fully saturated rings. The van der Waals surface area contributed by atoms with Gasteiger partial charge in [-0.05, 0) is 70.1 Å². The van der Waals surface area contributed by atoms with E-state index in [4.69, 9.17) is 19.9 Å². The predicted octanol–water partition coefficient (Wildman–Crippen LogP) is 11.8. The Bertz CT molecular complexity index is 2910. The standard InChI is InChI=1S/C44H26N4S/c1-2-10-30-24-32(19-16-27(30)8-1)42-46-43(33-21-23-41-37(26-33)34-12-4-6-15-40(34)49-41)48-44(47-42)35-13-7-11-28-17-18-31(25-36(28)35)39-22-20-29-9-3-5-14-38(29)45-39/h1-26H. The van der Waals surface area contributed by atoms with Crippen molar-refractivity contribution in [1.82, 2.24) is 19.9 Å². The Kier molecular flexibility index (Phi) is 6.32. The maximum atomic E-state index is 5.19. The molecular weight excluding hydrogens is 617 g/mol. The first-order valence-electron chi connectivity index (χ1n) is 16.3. The van der Waals surface area contributed by atoms with Gasteiger partial charge in [0.1, 0.15) is 0 Å². The number of fused-ring (bicyclic) bond motifs is 6. The van der Waals surface area contributed by atoms with Crippen molar-refractivity contribution >= 4 is 64.0 Å². The molecule has 0 saturated carbocycles. The molecule has 0 bridgehead atoms. The Morgan fingerprint density at radius 1 is 0.347 bits per heavy atom. The zero-order valence-corrected chi connectivity index (χ0v) is 27.0. The summed E-state index contributed by atoms with van der Waals surface area (Å²) in [5.41, 5.74) is 5.82. The second kappa shape index (κ2) is 11.2. The van der Waals surface area contributed by atoms with E-state index in [1.54, 1.807) is 0 Å². The normalized spacial score (nSPS) is 11.7. The van der Waals surface area contributed by atoms with E-state index in [-0.39, 0.29) is 0 Å². The molecule has 5 heteroatoms. The highest BCUT2D eigenvalue weighted by atomic mass is 32.1. The molecule has 228 valence electrons. The van der Waals surface area contributed by atoms with Gasteiger partial charge in [-0.25, -0.2) is 19.9 Å². The van der Waals surface area contributed by atoms with Crippen molar-refractivity contribution in [3.8, 4) is 45.4 Å². The van der Waals surface area contributed by atoms with Crippen LogP contribution in [0.5, 0.6) is 0 Å². The summed E-state index contributed by atoms with van der Waals surface area (Å²) in [6.45, 7) is 0. The molecule has 0 radical (unpaired) electrons. The van der Waals surface area contributed by atoms with E-state index in [2.05, 4.69) is 146 Å². The van der Waals surface area contributed by atoms with E-state index >= 15 is 0 Å². The molecule has 3 aromatic heterocycles. The van der Waals surface area contributed by atoms with Crippen LogP contribution >= 0.6 is 11.3 Å². The fourth-order valence-corrected chi connectivity index (χ4v) is 7.89. The van der Waals surface area contributed by atoms with Crippen LogP contribution in [0, 0.1) is 0 Å². The summed E-state index contributed by atoms with van der Waals surface area (Å²) in [5, 5.41) is 8.09. The number of rotatable bonds is 4. The zero-order chi connectivity index (χ0) is 32.3. The van der Waals surface area contributed by atoms with Gasteiger partial charge in [0, 0.05) is 47.8 Å². The van der Waals surface area contributed by atoms with Gasteiger partial charge in [0.25, 0.3) is 0 Å². The van der Waals surface area contributed by atoms with Crippen molar-refractivity contribution in [1.29, 1.82) is 0 Å². The minimum atomic E-state index is 0.637. The summed E-state index contributed by atoms with van der Waals surface area (Å²) in [5.74, 6) is 1.93. The Morgan fingerprint density at radius 3 is 1.90 bits per heavy atom. The van der Waals surface area contributed by atoms with Gasteiger partial charge in [0.15, 0.2) is 17.5 Å². The van der Waals surface area contributed by atoms with E-state index in [0.717, 1.165) is 55.0 Å². The summed E-state index contributed by atoms with van der Waals surface area (Å²) in [4.78, 5) is 20.5. The second-order valence-electron chi connectivity index (χ2n) is 12.3. The zero-order valence-electron chi connectivity index (χ0n) is 26.2. The maximum absolute atomic E-state index is 5.19. The van der Waals surface area contributed by atoms with Crippen LogP contribution in [0.3, 0.4) is 0 Å². The SMILES string of the molecule is c1ccc2cc(-c3nc(-c4ccc5sc6ccccc6c5c4)nc(-c4cccc5ccc(-c6ccc7ccccc7n6)cc45)n3)ccc2c1. The molecule has 49 heavy (non-hydrogen) atoms. The van der Waals surface area contributed by atoms with Crippen molar-refractivity contribution in [3.05, 3.63) is 158 Å². The Balaban J connectivity index is 1.18. The number of nitrogens with zero attached hydrogens (tertiary/aromatic N) is 4. The van der Waals surface area contributed by atoms with Crippen molar-refractivity contribution in [2.75, 3.05) is 0 Å². The second-order valence-corrected chi connectivity index (χ2v) is 13.4. The lowest BCUT2D eigenvalue weighted by molar-refractivity contribution is 1.08. The van der Waals surface area contributed by atoms with Gasteiger partial charge in [-0.2, -0.15) is 0 Å². The third kappa shape index (κ3) is 4.83. The van der Waals surface area contributed by atoms with Crippen LogP contribution in [0.25, 0.3) is 98.0 Å². The lowest BCUT2D eigenvalue weighted by Gasteiger charge is -2.12. The Labute approximate surface area is 286 Å². The van der Waals surface area contributed by atoms with E-state index in [0.29, 0.717) is 17.5 Å². The molecule has 3 heterocycles. The van der Waals surface area contributed by atoms with E-state index in [1.165, 1.54) is 25.6 Å². The number of aromatic nitrogens is 4. The van der Waals surface area contributed by atoms with E-state index in [1.807, 2.05) is 23.5 Å².